The van der Waals surface area contributed by atoms with E-state index in [2.05, 4.69) is 20.3 Å². The minimum Gasteiger partial charge on any atom is -0.363 e. The monoisotopic (exact) mass is 342 g/mol. The highest BCUT2D eigenvalue weighted by molar-refractivity contribution is 7.17. The molecule has 0 aliphatic heterocycles. The van der Waals surface area contributed by atoms with Crippen LogP contribution >= 0.6 is 11.3 Å². The average Bonchev–Trinajstić information content (AvgIpc) is 3.10. The summed E-state index contributed by atoms with van der Waals surface area (Å²) < 4.78 is 14.0. The van der Waals surface area contributed by atoms with Gasteiger partial charge < -0.3 is 10.3 Å². The SMILES string of the molecule is CC(=O)c1ccc(-c2ncc(F)c(Nc3c[nH]c(C4CC4)c3)n2)s1. The summed E-state index contributed by atoms with van der Waals surface area (Å²) in [6.07, 6.45) is 5.35. The van der Waals surface area contributed by atoms with E-state index in [1.54, 1.807) is 12.1 Å². The molecule has 0 aromatic carbocycles. The summed E-state index contributed by atoms with van der Waals surface area (Å²) in [7, 11) is 0. The number of H-pyrrole nitrogens is 1. The molecule has 24 heavy (non-hydrogen) atoms. The van der Waals surface area contributed by atoms with E-state index in [1.807, 2.05) is 12.3 Å². The molecule has 5 nitrogen and oxygen atoms in total. The van der Waals surface area contributed by atoms with Crippen molar-refractivity contribution in [2.75, 3.05) is 5.32 Å². The molecule has 1 saturated carbocycles. The third-order valence-electron chi connectivity index (χ3n) is 3.90. The van der Waals surface area contributed by atoms with E-state index in [1.165, 1.54) is 31.1 Å². The summed E-state index contributed by atoms with van der Waals surface area (Å²) in [6.45, 7) is 1.51. The molecule has 0 amide bonds. The Balaban J connectivity index is 1.61. The van der Waals surface area contributed by atoms with Gasteiger partial charge in [-0.1, -0.05) is 0 Å². The number of aromatic amines is 1. The van der Waals surface area contributed by atoms with Crippen molar-refractivity contribution >= 4 is 28.6 Å². The predicted molar refractivity (Wildman–Crippen MR) is 91.4 cm³/mol. The fourth-order valence-electron chi connectivity index (χ4n) is 2.47. The van der Waals surface area contributed by atoms with E-state index in [4.69, 9.17) is 0 Å². The first kappa shape index (κ1) is 15.0. The van der Waals surface area contributed by atoms with Crippen LogP contribution in [0.5, 0.6) is 0 Å². The van der Waals surface area contributed by atoms with Gasteiger partial charge in [-0.15, -0.1) is 11.3 Å². The second-order valence-corrected chi connectivity index (χ2v) is 6.94. The fourth-order valence-corrected chi connectivity index (χ4v) is 3.31. The third kappa shape index (κ3) is 2.94. The summed E-state index contributed by atoms with van der Waals surface area (Å²) in [6, 6.07) is 5.49. The van der Waals surface area contributed by atoms with Crippen LogP contribution in [0.4, 0.5) is 15.9 Å². The normalized spacial score (nSPS) is 13.9. The standard InChI is InChI=1S/C17H15FN4OS/c1-9(23)14-4-5-15(24-14)17-20-8-12(18)16(22-17)21-11-6-13(19-7-11)10-2-3-10/h4-8,10,19H,2-3H2,1H3,(H,20,21,22). The lowest BCUT2D eigenvalue weighted by molar-refractivity contribution is 0.102. The second-order valence-electron chi connectivity index (χ2n) is 5.85. The Morgan fingerprint density at radius 1 is 1.42 bits per heavy atom. The Hall–Kier alpha value is -2.54. The number of nitrogens with zero attached hydrogens (tertiary/aromatic N) is 2. The molecule has 7 heteroatoms. The van der Waals surface area contributed by atoms with Crippen LogP contribution in [0.3, 0.4) is 0 Å². The number of ketones is 1. The Kier molecular flexibility index (Phi) is 3.65. The topological polar surface area (TPSA) is 70.7 Å². The summed E-state index contributed by atoms with van der Waals surface area (Å²) in [5.74, 6) is 0.596. The van der Waals surface area contributed by atoms with E-state index in [-0.39, 0.29) is 11.6 Å². The first-order valence-corrected chi connectivity index (χ1v) is 8.51. The van der Waals surface area contributed by atoms with Gasteiger partial charge in [-0.05, 0) is 43.9 Å². The number of carbonyl (C=O) groups excluding carboxylic acids is 1. The lowest BCUT2D eigenvalue weighted by atomic mass is 10.3. The zero-order valence-corrected chi connectivity index (χ0v) is 13.8. The number of thiophene rings is 1. The average molecular weight is 342 g/mol. The lowest BCUT2D eigenvalue weighted by Crippen LogP contribution is -1.99. The van der Waals surface area contributed by atoms with Crippen molar-refractivity contribution in [3.8, 4) is 10.7 Å². The van der Waals surface area contributed by atoms with Crippen LogP contribution in [0.2, 0.25) is 0 Å². The van der Waals surface area contributed by atoms with Crippen LogP contribution in [-0.2, 0) is 0 Å². The van der Waals surface area contributed by atoms with Gasteiger partial charge in [0, 0.05) is 11.9 Å². The molecule has 1 aliphatic rings. The Bertz CT molecular complexity index is 913. The highest BCUT2D eigenvalue weighted by atomic mass is 32.1. The van der Waals surface area contributed by atoms with Crippen LogP contribution in [-0.4, -0.2) is 20.7 Å². The van der Waals surface area contributed by atoms with Crippen molar-refractivity contribution in [1.82, 2.24) is 15.0 Å². The van der Waals surface area contributed by atoms with Crippen LogP contribution < -0.4 is 5.32 Å². The highest BCUT2D eigenvalue weighted by Gasteiger charge is 2.25. The van der Waals surface area contributed by atoms with E-state index in [0.29, 0.717) is 16.6 Å². The number of nitrogens with one attached hydrogen (secondary N) is 2. The summed E-state index contributed by atoms with van der Waals surface area (Å²) in [4.78, 5) is 24.3. The van der Waals surface area contributed by atoms with Gasteiger partial charge in [0.05, 0.1) is 21.6 Å². The number of Topliss-reactive ketones (excluding diaryl/α,β-unsaturated/α-hetero) is 1. The van der Waals surface area contributed by atoms with E-state index in [0.717, 1.165) is 22.5 Å². The molecule has 4 rings (SSSR count). The maximum absolute atomic E-state index is 14.0. The Labute approximate surface area is 142 Å². The molecule has 2 N–H and O–H groups in total. The molecule has 3 heterocycles. The molecule has 1 aliphatic carbocycles. The van der Waals surface area contributed by atoms with Crippen molar-refractivity contribution in [2.45, 2.75) is 25.7 Å². The molecule has 3 aromatic heterocycles. The van der Waals surface area contributed by atoms with Gasteiger partial charge in [-0.3, -0.25) is 4.79 Å². The number of hydrogen-bond acceptors (Lipinski definition) is 5. The molecule has 1 fully saturated rings. The predicted octanol–water partition coefficient (Wildman–Crippen LogP) is 4.50. The summed E-state index contributed by atoms with van der Waals surface area (Å²) in [5.41, 5.74) is 1.94. The summed E-state index contributed by atoms with van der Waals surface area (Å²) in [5, 5.41) is 3.00. The number of halogens is 1. The van der Waals surface area contributed by atoms with Crippen LogP contribution in [0.1, 0.15) is 41.0 Å². The molecule has 3 aromatic rings. The number of rotatable bonds is 5. The molecule has 0 radical (unpaired) electrons. The largest absolute Gasteiger partial charge is 0.363 e. The Morgan fingerprint density at radius 2 is 2.25 bits per heavy atom. The zero-order chi connectivity index (χ0) is 16.7. The maximum Gasteiger partial charge on any atom is 0.184 e. The Morgan fingerprint density at radius 3 is 2.96 bits per heavy atom. The number of aromatic nitrogens is 3. The zero-order valence-electron chi connectivity index (χ0n) is 13.0. The molecule has 0 bridgehead atoms. The fraction of sp³-hybridized carbons (Fsp3) is 0.235. The summed E-state index contributed by atoms with van der Waals surface area (Å²) >= 11 is 1.30. The first-order chi connectivity index (χ1) is 11.6. The molecule has 0 unspecified atom stereocenters. The molecular formula is C17H15FN4OS. The first-order valence-electron chi connectivity index (χ1n) is 7.69. The van der Waals surface area contributed by atoms with Crippen LogP contribution in [0, 0.1) is 5.82 Å². The second kappa shape index (κ2) is 5.83. The van der Waals surface area contributed by atoms with Gasteiger partial charge in [0.2, 0.25) is 0 Å². The van der Waals surface area contributed by atoms with Crippen molar-refractivity contribution in [1.29, 1.82) is 0 Å². The van der Waals surface area contributed by atoms with E-state index >= 15 is 0 Å². The highest BCUT2D eigenvalue weighted by Crippen LogP contribution is 2.40. The van der Waals surface area contributed by atoms with Gasteiger partial charge >= 0.3 is 0 Å². The lowest BCUT2D eigenvalue weighted by Gasteiger charge is -2.05. The van der Waals surface area contributed by atoms with E-state index in [9.17, 15) is 9.18 Å². The minimum absolute atomic E-state index is 0.00774. The van der Waals surface area contributed by atoms with Gasteiger partial charge in [0.25, 0.3) is 0 Å². The number of carbonyl (C=O) groups is 1. The third-order valence-corrected chi connectivity index (χ3v) is 5.08. The molecule has 0 atom stereocenters. The van der Waals surface area contributed by atoms with Crippen molar-refractivity contribution in [3.63, 3.8) is 0 Å². The van der Waals surface area contributed by atoms with Gasteiger partial charge in [0.15, 0.2) is 23.2 Å². The quantitative estimate of drug-likeness (QED) is 0.670. The minimum atomic E-state index is -0.517. The molecule has 0 spiro atoms. The molecule has 122 valence electrons. The van der Waals surface area contributed by atoms with Crippen molar-refractivity contribution in [3.05, 3.63) is 47.0 Å². The van der Waals surface area contributed by atoms with Gasteiger partial charge in [-0.25, -0.2) is 14.4 Å². The number of anilines is 2. The molecular weight excluding hydrogens is 327 g/mol. The van der Waals surface area contributed by atoms with E-state index < -0.39 is 5.82 Å². The van der Waals surface area contributed by atoms with Gasteiger partial charge in [-0.2, -0.15) is 0 Å². The molecule has 0 saturated heterocycles. The van der Waals surface area contributed by atoms with Crippen LogP contribution in [0.15, 0.2) is 30.6 Å². The van der Waals surface area contributed by atoms with Crippen molar-refractivity contribution < 1.29 is 9.18 Å². The smallest absolute Gasteiger partial charge is 0.184 e. The number of hydrogen-bond donors (Lipinski definition) is 2. The van der Waals surface area contributed by atoms with Gasteiger partial charge in [0.1, 0.15) is 0 Å². The van der Waals surface area contributed by atoms with Crippen LogP contribution in [0.25, 0.3) is 10.7 Å². The maximum atomic E-state index is 14.0. The van der Waals surface area contributed by atoms with Crippen molar-refractivity contribution in [2.24, 2.45) is 0 Å².